The molecule has 7 heteroatoms. The number of rotatable bonds is 12. The molecule has 0 spiro atoms. The van der Waals surface area contributed by atoms with Crippen LogP contribution in [-0.2, 0) is 17.6 Å². The van der Waals surface area contributed by atoms with Crippen LogP contribution >= 0.6 is 0 Å². The SMILES string of the molecule is CCc1ccc(-n2c(C(CC)N(CCc3ccc(OC)c(OC)c3)C(=O)C=Cc3ccccc3)nc3ccccc3c2=O)cc1. The van der Waals surface area contributed by atoms with Crippen molar-refractivity contribution in [1.29, 1.82) is 0 Å². The van der Waals surface area contributed by atoms with Crippen LogP contribution in [0.3, 0.4) is 0 Å². The van der Waals surface area contributed by atoms with Gasteiger partial charge in [-0.05, 0) is 78.4 Å². The average molecular weight is 602 g/mol. The monoisotopic (exact) mass is 601 g/mol. The number of carbonyl (C=O) groups is 1. The first-order chi connectivity index (χ1) is 22.0. The topological polar surface area (TPSA) is 73.7 Å². The number of benzene rings is 4. The van der Waals surface area contributed by atoms with Crippen molar-refractivity contribution < 1.29 is 14.3 Å². The number of hydrogen-bond acceptors (Lipinski definition) is 5. The molecule has 0 aliphatic rings. The lowest BCUT2D eigenvalue weighted by Gasteiger charge is -2.32. The van der Waals surface area contributed by atoms with Gasteiger partial charge in [-0.1, -0.05) is 74.5 Å². The molecular weight excluding hydrogens is 562 g/mol. The summed E-state index contributed by atoms with van der Waals surface area (Å²) in [7, 11) is 3.21. The quantitative estimate of drug-likeness (QED) is 0.141. The summed E-state index contributed by atoms with van der Waals surface area (Å²) in [4.78, 5) is 35.1. The molecule has 4 aromatic carbocycles. The second-order valence-electron chi connectivity index (χ2n) is 10.8. The largest absolute Gasteiger partial charge is 0.493 e. The first kappa shape index (κ1) is 31.3. The van der Waals surface area contributed by atoms with Crippen LogP contribution in [0.25, 0.3) is 22.7 Å². The predicted octanol–water partition coefficient (Wildman–Crippen LogP) is 7.20. The summed E-state index contributed by atoms with van der Waals surface area (Å²) in [6.45, 7) is 4.51. The van der Waals surface area contributed by atoms with E-state index in [1.54, 1.807) is 30.9 Å². The molecular formula is C38H39N3O4. The molecule has 5 rings (SSSR count). The third kappa shape index (κ3) is 6.99. The number of carbonyl (C=O) groups excluding carboxylic acids is 1. The van der Waals surface area contributed by atoms with Crippen molar-refractivity contribution >= 4 is 22.9 Å². The van der Waals surface area contributed by atoms with Crippen LogP contribution in [0.2, 0.25) is 0 Å². The van der Waals surface area contributed by atoms with Gasteiger partial charge in [0.15, 0.2) is 11.5 Å². The van der Waals surface area contributed by atoms with Gasteiger partial charge in [-0.15, -0.1) is 0 Å². The number of ether oxygens (including phenoxy) is 2. The zero-order chi connectivity index (χ0) is 31.8. The Morgan fingerprint density at radius 1 is 0.867 bits per heavy atom. The van der Waals surface area contributed by atoms with E-state index in [1.807, 2.05) is 109 Å². The Hall–Kier alpha value is -5.17. The molecule has 5 aromatic rings. The molecule has 0 aliphatic heterocycles. The van der Waals surface area contributed by atoms with E-state index in [0.29, 0.717) is 47.6 Å². The van der Waals surface area contributed by atoms with Crippen molar-refractivity contribution in [3.05, 3.63) is 136 Å². The maximum Gasteiger partial charge on any atom is 0.266 e. The van der Waals surface area contributed by atoms with Gasteiger partial charge in [0.2, 0.25) is 5.91 Å². The van der Waals surface area contributed by atoms with Crippen LogP contribution in [0.15, 0.2) is 108 Å². The number of aryl methyl sites for hydroxylation is 1. The van der Waals surface area contributed by atoms with Gasteiger partial charge in [0.1, 0.15) is 5.82 Å². The lowest BCUT2D eigenvalue weighted by molar-refractivity contribution is -0.128. The van der Waals surface area contributed by atoms with E-state index >= 15 is 0 Å². The van der Waals surface area contributed by atoms with E-state index in [2.05, 4.69) is 6.92 Å². The molecule has 0 bridgehead atoms. The van der Waals surface area contributed by atoms with E-state index < -0.39 is 6.04 Å². The number of aromatic nitrogens is 2. The molecule has 1 unspecified atom stereocenters. The third-order valence-corrected chi connectivity index (χ3v) is 8.06. The Morgan fingerprint density at radius 3 is 2.24 bits per heavy atom. The summed E-state index contributed by atoms with van der Waals surface area (Å²) in [5, 5.41) is 0.530. The van der Waals surface area contributed by atoms with Crippen LogP contribution in [0.4, 0.5) is 0 Å². The minimum Gasteiger partial charge on any atom is -0.493 e. The fourth-order valence-electron chi connectivity index (χ4n) is 5.58. The van der Waals surface area contributed by atoms with Gasteiger partial charge >= 0.3 is 0 Å². The summed E-state index contributed by atoms with van der Waals surface area (Å²) in [6.07, 6.45) is 5.43. The Balaban J connectivity index is 1.62. The highest BCUT2D eigenvalue weighted by molar-refractivity contribution is 5.92. The van der Waals surface area contributed by atoms with Gasteiger partial charge in [-0.25, -0.2) is 4.98 Å². The second-order valence-corrected chi connectivity index (χ2v) is 10.8. The maximum absolute atomic E-state index is 14.1. The predicted molar refractivity (Wildman–Crippen MR) is 180 cm³/mol. The van der Waals surface area contributed by atoms with Gasteiger partial charge < -0.3 is 14.4 Å². The summed E-state index contributed by atoms with van der Waals surface area (Å²) in [5.41, 5.74) is 4.25. The Bertz CT molecular complexity index is 1850. The van der Waals surface area contributed by atoms with Crippen molar-refractivity contribution in [2.45, 2.75) is 39.2 Å². The molecule has 1 heterocycles. The molecule has 1 amide bonds. The van der Waals surface area contributed by atoms with E-state index in [1.165, 1.54) is 5.56 Å². The number of fused-ring (bicyclic) bond motifs is 1. The molecule has 0 saturated heterocycles. The zero-order valence-electron chi connectivity index (χ0n) is 26.3. The molecule has 230 valence electrons. The summed E-state index contributed by atoms with van der Waals surface area (Å²) in [5.74, 6) is 1.63. The minimum absolute atomic E-state index is 0.162. The maximum atomic E-state index is 14.1. The van der Waals surface area contributed by atoms with Crippen molar-refractivity contribution in [2.75, 3.05) is 20.8 Å². The van der Waals surface area contributed by atoms with Crippen LogP contribution in [-0.4, -0.2) is 41.1 Å². The van der Waals surface area contributed by atoms with E-state index in [9.17, 15) is 9.59 Å². The molecule has 0 saturated carbocycles. The Labute approximate surface area is 264 Å². The Kier molecular flexibility index (Phi) is 10.1. The fraction of sp³-hybridized carbons (Fsp3) is 0.237. The fourth-order valence-corrected chi connectivity index (χ4v) is 5.58. The first-order valence-corrected chi connectivity index (χ1v) is 15.3. The van der Waals surface area contributed by atoms with Gasteiger partial charge in [0, 0.05) is 12.6 Å². The highest BCUT2D eigenvalue weighted by Crippen LogP contribution is 2.30. The van der Waals surface area contributed by atoms with Crippen molar-refractivity contribution in [3.63, 3.8) is 0 Å². The van der Waals surface area contributed by atoms with Crippen molar-refractivity contribution in [3.8, 4) is 17.2 Å². The molecule has 1 atom stereocenters. The number of nitrogens with zero attached hydrogens (tertiary/aromatic N) is 3. The van der Waals surface area contributed by atoms with Crippen molar-refractivity contribution in [1.82, 2.24) is 14.5 Å². The van der Waals surface area contributed by atoms with Crippen LogP contribution in [0.5, 0.6) is 11.5 Å². The number of para-hydroxylation sites is 1. The summed E-state index contributed by atoms with van der Waals surface area (Å²) >= 11 is 0. The Morgan fingerprint density at radius 2 is 1.56 bits per heavy atom. The van der Waals surface area contributed by atoms with Crippen molar-refractivity contribution in [2.24, 2.45) is 0 Å². The normalized spacial score (nSPS) is 11.9. The number of methoxy groups -OCH3 is 2. The van der Waals surface area contributed by atoms with Crippen LogP contribution in [0, 0.1) is 0 Å². The highest BCUT2D eigenvalue weighted by atomic mass is 16.5. The first-order valence-electron chi connectivity index (χ1n) is 15.3. The van der Waals surface area contributed by atoms with Gasteiger partial charge in [0.25, 0.3) is 5.56 Å². The van der Waals surface area contributed by atoms with E-state index in [0.717, 1.165) is 23.2 Å². The number of hydrogen-bond donors (Lipinski definition) is 0. The second kappa shape index (κ2) is 14.5. The molecule has 45 heavy (non-hydrogen) atoms. The third-order valence-electron chi connectivity index (χ3n) is 8.06. The molecule has 1 aromatic heterocycles. The van der Waals surface area contributed by atoms with E-state index in [-0.39, 0.29) is 11.5 Å². The van der Waals surface area contributed by atoms with Crippen LogP contribution < -0.4 is 15.0 Å². The smallest absolute Gasteiger partial charge is 0.266 e. The summed E-state index contributed by atoms with van der Waals surface area (Å²) < 4.78 is 12.6. The average Bonchev–Trinajstić information content (AvgIpc) is 3.09. The minimum atomic E-state index is -0.485. The standard InChI is InChI=1S/C38H39N3O4/c1-5-27-16-20-30(21-17-27)41-37(39-32-15-11-10-14-31(32)38(41)43)33(6-2)40(36(42)23-19-28-12-8-7-9-13-28)25-24-29-18-22-34(44-3)35(26-29)45-4/h7-23,26,33H,5-6,24-25H2,1-4H3. The van der Waals surface area contributed by atoms with Gasteiger partial charge in [-0.2, -0.15) is 0 Å². The van der Waals surface area contributed by atoms with Gasteiger partial charge in [0.05, 0.1) is 36.9 Å². The molecule has 0 N–H and O–H groups in total. The van der Waals surface area contributed by atoms with E-state index in [4.69, 9.17) is 14.5 Å². The number of amides is 1. The van der Waals surface area contributed by atoms with Crippen LogP contribution in [0.1, 0.15) is 48.8 Å². The zero-order valence-corrected chi connectivity index (χ0v) is 26.3. The lowest BCUT2D eigenvalue weighted by atomic mass is 10.1. The van der Waals surface area contributed by atoms with Gasteiger partial charge in [-0.3, -0.25) is 14.2 Å². The highest BCUT2D eigenvalue weighted by Gasteiger charge is 2.28. The molecule has 0 fully saturated rings. The molecule has 0 radical (unpaired) electrons. The molecule has 0 aliphatic carbocycles. The summed E-state index contributed by atoms with van der Waals surface area (Å²) in [6, 6.07) is 30.4. The lowest BCUT2D eigenvalue weighted by Crippen LogP contribution is -2.39. The molecule has 7 nitrogen and oxygen atoms in total.